The van der Waals surface area contributed by atoms with Crippen LogP contribution in [0.5, 0.6) is 0 Å². The van der Waals surface area contributed by atoms with E-state index in [0.717, 1.165) is 5.70 Å². The maximum absolute atomic E-state index is 12.9. The Balaban J connectivity index is 2.27. The first-order valence-electron chi connectivity index (χ1n) is 7.66. The second-order valence-electron chi connectivity index (χ2n) is 5.14. The maximum Gasteiger partial charge on any atom is 0.287 e. The second-order valence-corrected chi connectivity index (χ2v) is 5.14. The fraction of sp³-hybridized carbons (Fsp3) is 0.688. The van der Waals surface area contributed by atoms with E-state index in [9.17, 15) is 4.79 Å². The van der Waals surface area contributed by atoms with Gasteiger partial charge in [-0.3, -0.25) is 4.79 Å². The minimum Gasteiger partial charge on any atom is -0.351 e. The van der Waals surface area contributed by atoms with Gasteiger partial charge in [-0.15, -0.1) is 0 Å². The highest BCUT2D eigenvalue weighted by Gasteiger charge is 2.58. The highest BCUT2D eigenvalue weighted by molar-refractivity contribution is 5.90. The van der Waals surface area contributed by atoms with Gasteiger partial charge in [-0.25, -0.2) is 0 Å². The van der Waals surface area contributed by atoms with Crippen LogP contribution in [0.15, 0.2) is 23.9 Å². The molecule has 1 amide bonds. The summed E-state index contributed by atoms with van der Waals surface area (Å²) in [4.78, 5) is 14.6. The molecular weight excluding hydrogens is 286 g/mol. The van der Waals surface area contributed by atoms with E-state index >= 15 is 0 Å². The highest BCUT2D eigenvalue weighted by atomic mass is 16.7. The fourth-order valence-corrected chi connectivity index (χ4v) is 3.11. The van der Waals surface area contributed by atoms with Crippen LogP contribution in [0.25, 0.3) is 0 Å². The number of hydrogen-bond donors (Lipinski definition) is 0. The maximum atomic E-state index is 12.9. The van der Waals surface area contributed by atoms with Crippen LogP contribution in [0.1, 0.15) is 20.3 Å². The predicted octanol–water partition coefficient (Wildman–Crippen LogP) is 1.68. The van der Waals surface area contributed by atoms with E-state index in [4.69, 9.17) is 18.9 Å². The SMILES string of the molecule is CCOC(CN1C(=O)C(OC)(OC)C2CC=CC=C21)OCC. The summed E-state index contributed by atoms with van der Waals surface area (Å²) in [5.74, 6) is -1.62. The lowest BCUT2D eigenvalue weighted by atomic mass is 9.91. The van der Waals surface area contributed by atoms with Gasteiger partial charge in [-0.05, 0) is 26.3 Å². The van der Waals surface area contributed by atoms with Crippen LogP contribution < -0.4 is 0 Å². The van der Waals surface area contributed by atoms with Gasteiger partial charge in [0.05, 0.1) is 12.5 Å². The number of ether oxygens (including phenoxy) is 4. The average molecular weight is 311 g/mol. The molecule has 1 aliphatic heterocycles. The van der Waals surface area contributed by atoms with Crippen LogP contribution in [0, 0.1) is 5.92 Å². The van der Waals surface area contributed by atoms with Crippen molar-refractivity contribution in [3.63, 3.8) is 0 Å². The van der Waals surface area contributed by atoms with Gasteiger partial charge >= 0.3 is 0 Å². The van der Waals surface area contributed by atoms with Gasteiger partial charge in [0, 0.05) is 33.1 Å². The minimum atomic E-state index is -1.26. The highest BCUT2D eigenvalue weighted by Crippen LogP contribution is 2.44. The van der Waals surface area contributed by atoms with Gasteiger partial charge in [0.2, 0.25) is 0 Å². The average Bonchev–Trinajstić information content (AvgIpc) is 2.77. The molecule has 0 radical (unpaired) electrons. The number of rotatable bonds is 8. The number of nitrogens with zero attached hydrogens (tertiary/aromatic N) is 1. The van der Waals surface area contributed by atoms with Crippen molar-refractivity contribution < 1.29 is 23.7 Å². The molecule has 1 fully saturated rings. The Morgan fingerprint density at radius 1 is 1.27 bits per heavy atom. The molecule has 0 bridgehead atoms. The first-order valence-corrected chi connectivity index (χ1v) is 7.66. The van der Waals surface area contributed by atoms with Crippen molar-refractivity contribution >= 4 is 5.91 Å². The van der Waals surface area contributed by atoms with Gasteiger partial charge in [0.15, 0.2) is 6.29 Å². The number of methoxy groups -OCH3 is 2. The summed E-state index contributed by atoms with van der Waals surface area (Å²) in [5.41, 5.74) is 0.889. The Morgan fingerprint density at radius 2 is 1.91 bits per heavy atom. The van der Waals surface area contributed by atoms with Crippen molar-refractivity contribution in [2.45, 2.75) is 32.3 Å². The molecule has 22 heavy (non-hydrogen) atoms. The number of carbonyl (C=O) groups is 1. The third-order valence-corrected chi connectivity index (χ3v) is 4.09. The lowest BCUT2D eigenvalue weighted by molar-refractivity contribution is -0.221. The quantitative estimate of drug-likeness (QED) is 0.638. The third-order valence-electron chi connectivity index (χ3n) is 4.09. The lowest BCUT2D eigenvalue weighted by Crippen LogP contribution is -2.48. The Labute approximate surface area is 131 Å². The van der Waals surface area contributed by atoms with Crippen molar-refractivity contribution in [1.29, 1.82) is 0 Å². The Bertz CT molecular complexity index is 449. The summed E-state index contributed by atoms with van der Waals surface area (Å²) in [6.07, 6.45) is 6.13. The molecule has 1 heterocycles. The largest absolute Gasteiger partial charge is 0.351 e. The topological polar surface area (TPSA) is 57.2 Å². The zero-order valence-electron chi connectivity index (χ0n) is 13.7. The second kappa shape index (κ2) is 7.37. The summed E-state index contributed by atoms with van der Waals surface area (Å²) in [6.45, 7) is 5.17. The monoisotopic (exact) mass is 311 g/mol. The standard InChI is InChI=1S/C16H25NO5/c1-5-21-14(22-6-2)11-17-13-10-8-7-9-12(13)16(19-3,20-4)15(17)18/h7-8,10,12,14H,5-6,9,11H2,1-4H3. The van der Waals surface area contributed by atoms with Crippen molar-refractivity contribution in [3.05, 3.63) is 23.9 Å². The molecule has 1 unspecified atom stereocenters. The van der Waals surface area contributed by atoms with Gasteiger partial charge in [-0.1, -0.05) is 12.2 Å². The summed E-state index contributed by atoms with van der Waals surface area (Å²) in [6, 6.07) is 0. The number of fused-ring (bicyclic) bond motifs is 1. The number of carbonyl (C=O) groups excluding carboxylic acids is 1. The van der Waals surface area contributed by atoms with E-state index < -0.39 is 12.1 Å². The predicted molar refractivity (Wildman–Crippen MR) is 80.8 cm³/mol. The van der Waals surface area contributed by atoms with Crippen LogP contribution in [0.3, 0.4) is 0 Å². The van der Waals surface area contributed by atoms with Gasteiger partial charge < -0.3 is 23.8 Å². The molecule has 0 aromatic carbocycles. The number of amides is 1. The molecule has 2 aliphatic rings. The zero-order chi connectivity index (χ0) is 16.2. The summed E-state index contributed by atoms with van der Waals surface area (Å²) >= 11 is 0. The van der Waals surface area contributed by atoms with Crippen LogP contribution in [-0.4, -0.2) is 56.9 Å². The Kier molecular flexibility index (Phi) is 5.74. The Hall–Kier alpha value is -1.21. The lowest BCUT2D eigenvalue weighted by Gasteiger charge is -2.29. The van der Waals surface area contributed by atoms with Crippen molar-refractivity contribution in [2.75, 3.05) is 34.0 Å². The summed E-state index contributed by atoms with van der Waals surface area (Å²) in [7, 11) is 3.01. The van der Waals surface area contributed by atoms with E-state index in [1.165, 1.54) is 14.2 Å². The zero-order valence-corrected chi connectivity index (χ0v) is 13.7. The van der Waals surface area contributed by atoms with E-state index in [1.807, 2.05) is 32.1 Å². The van der Waals surface area contributed by atoms with Gasteiger partial charge in [0.25, 0.3) is 11.7 Å². The molecule has 0 saturated carbocycles. The molecule has 1 aliphatic carbocycles. The molecule has 0 aromatic rings. The van der Waals surface area contributed by atoms with Gasteiger partial charge in [0.1, 0.15) is 0 Å². The number of likely N-dealkylation sites (tertiary alicyclic amines) is 1. The van der Waals surface area contributed by atoms with Crippen molar-refractivity contribution in [1.82, 2.24) is 4.90 Å². The third kappa shape index (κ3) is 2.84. The smallest absolute Gasteiger partial charge is 0.287 e. The van der Waals surface area contributed by atoms with Crippen LogP contribution >= 0.6 is 0 Å². The summed E-state index contributed by atoms with van der Waals surface area (Å²) in [5, 5.41) is 0. The molecule has 2 rings (SSSR count). The van der Waals surface area contributed by atoms with E-state index in [0.29, 0.717) is 26.2 Å². The molecule has 0 aromatic heterocycles. The molecular formula is C16H25NO5. The molecule has 124 valence electrons. The van der Waals surface area contributed by atoms with Gasteiger partial charge in [-0.2, -0.15) is 0 Å². The van der Waals surface area contributed by atoms with Crippen LogP contribution in [0.2, 0.25) is 0 Å². The molecule has 6 nitrogen and oxygen atoms in total. The normalized spacial score (nSPS) is 23.1. The van der Waals surface area contributed by atoms with E-state index in [2.05, 4.69) is 0 Å². The van der Waals surface area contributed by atoms with Crippen LogP contribution in [0.4, 0.5) is 0 Å². The summed E-state index contributed by atoms with van der Waals surface area (Å²) < 4.78 is 22.1. The first kappa shape index (κ1) is 17.1. The van der Waals surface area contributed by atoms with E-state index in [-0.39, 0.29) is 11.8 Å². The molecule has 0 N–H and O–H groups in total. The number of hydrogen-bond acceptors (Lipinski definition) is 5. The van der Waals surface area contributed by atoms with Crippen LogP contribution in [-0.2, 0) is 23.7 Å². The molecule has 1 saturated heterocycles. The first-order chi connectivity index (χ1) is 10.6. The van der Waals surface area contributed by atoms with E-state index in [1.54, 1.807) is 4.90 Å². The fourth-order valence-electron chi connectivity index (χ4n) is 3.11. The molecule has 0 spiro atoms. The minimum absolute atomic E-state index is 0.149. The van der Waals surface area contributed by atoms with Crippen molar-refractivity contribution in [2.24, 2.45) is 5.92 Å². The number of allylic oxidation sites excluding steroid dienone is 3. The van der Waals surface area contributed by atoms with Crippen molar-refractivity contribution in [3.8, 4) is 0 Å². The molecule has 1 atom stereocenters. The Morgan fingerprint density at radius 3 is 2.45 bits per heavy atom. The molecule has 6 heteroatoms.